The molecule has 3 rings (SSSR count). The SMILES string of the molecule is COc1nc(-c2cccc(-c3ccccc3C)c2C)ccc1C=O. The second-order valence-electron chi connectivity index (χ2n) is 5.71. The van der Waals surface area contributed by atoms with E-state index in [1.54, 1.807) is 6.07 Å². The summed E-state index contributed by atoms with van der Waals surface area (Å²) in [6, 6.07) is 18.1. The molecule has 0 aliphatic rings. The van der Waals surface area contributed by atoms with Crippen molar-refractivity contribution < 1.29 is 9.53 Å². The number of aryl methyl sites for hydroxylation is 1. The highest BCUT2D eigenvalue weighted by atomic mass is 16.5. The van der Waals surface area contributed by atoms with E-state index in [9.17, 15) is 4.79 Å². The number of benzene rings is 2. The van der Waals surface area contributed by atoms with Crippen LogP contribution in [-0.2, 0) is 0 Å². The van der Waals surface area contributed by atoms with Gasteiger partial charge in [0, 0.05) is 5.56 Å². The Morgan fingerprint density at radius 1 is 0.875 bits per heavy atom. The first-order chi connectivity index (χ1) is 11.7. The Hall–Kier alpha value is -2.94. The van der Waals surface area contributed by atoms with Crippen molar-refractivity contribution in [2.24, 2.45) is 0 Å². The van der Waals surface area contributed by atoms with Crippen molar-refractivity contribution in [3.8, 4) is 28.3 Å². The molecule has 120 valence electrons. The molecule has 0 aliphatic carbocycles. The van der Waals surface area contributed by atoms with E-state index >= 15 is 0 Å². The lowest BCUT2D eigenvalue weighted by Crippen LogP contribution is -1.97. The van der Waals surface area contributed by atoms with Gasteiger partial charge in [-0.15, -0.1) is 0 Å². The third-order valence-corrected chi connectivity index (χ3v) is 4.26. The van der Waals surface area contributed by atoms with E-state index in [1.807, 2.05) is 24.3 Å². The second kappa shape index (κ2) is 6.67. The fraction of sp³-hybridized carbons (Fsp3) is 0.143. The van der Waals surface area contributed by atoms with Gasteiger partial charge in [0.25, 0.3) is 0 Å². The summed E-state index contributed by atoms with van der Waals surface area (Å²) in [4.78, 5) is 15.6. The van der Waals surface area contributed by atoms with E-state index in [2.05, 4.69) is 43.1 Å². The fourth-order valence-corrected chi connectivity index (χ4v) is 2.93. The molecule has 0 bridgehead atoms. The van der Waals surface area contributed by atoms with Crippen molar-refractivity contribution in [3.63, 3.8) is 0 Å². The maximum atomic E-state index is 11.1. The maximum Gasteiger partial charge on any atom is 0.224 e. The molecule has 0 spiro atoms. The van der Waals surface area contributed by atoms with Gasteiger partial charge in [-0.2, -0.15) is 0 Å². The predicted octanol–water partition coefficient (Wildman–Crippen LogP) is 4.85. The third kappa shape index (κ3) is 2.81. The van der Waals surface area contributed by atoms with Gasteiger partial charge in [0.05, 0.1) is 18.4 Å². The molecule has 0 radical (unpaired) electrons. The van der Waals surface area contributed by atoms with Crippen LogP contribution in [0, 0.1) is 13.8 Å². The quantitative estimate of drug-likeness (QED) is 0.645. The maximum absolute atomic E-state index is 11.1. The molecular formula is C21H19NO2. The molecule has 1 heterocycles. The summed E-state index contributed by atoms with van der Waals surface area (Å²) in [5.41, 5.74) is 7.07. The average molecular weight is 317 g/mol. The van der Waals surface area contributed by atoms with Crippen molar-refractivity contribution in [1.29, 1.82) is 0 Å². The van der Waals surface area contributed by atoms with E-state index < -0.39 is 0 Å². The van der Waals surface area contributed by atoms with Gasteiger partial charge >= 0.3 is 0 Å². The molecule has 0 unspecified atom stereocenters. The van der Waals surface area contributed by atoms with Crippen molar-refractivity contribution in [3.05, 3.63) is 71.3 Å². The van der Waals surface area contributed by atoms with E-state index in [1.165, 1.54) is 23.8 Å². The molecular weight excluding hydrogens is 298 g/mol. The number of carbonyl (C=O) groups is 1. The first kappa shape index (κ1) is 15.9. The molecule has 0 fully saturated rings. The van der Waals surface area contributed by atoms with Crippen LogP contribution in [-0.4, -0.2) is 18.4 Å². The zero-order valence-electron chi connectivity index (χ0n) is 14.0. The van der Waals surface area contributed by atoms with Crippen molar-refractivity contribution in [1.82, 2.24) is 4.98 Å². The van der Waals surface area contributed by atoms with Gasteiger partial charge in [-0.3, -0.25) is 4.79 Å². The lowest BCUT2D eigenvalue weighted by molar-refractivity contribution is 0.112. The summed E-state index contributed by atoms with van der Waals surface area (Å²) in [5, 5.41) is 0. The molecule has 3 heteroatoms. The largest absolute Gasteiger partial charge is 0.480 e. The Morgan fingerprint density at radius 2 is 1.58 bits per heavy atom. The fourth-order valence-electron chi connectivity index (χ4n) is 2.93. The van der Waals surface area contributed by atoms with Gasteiger partial charge in [-0.25, -0.2) is 4.98 Å². The van der Waals surface area contributed by atoms with Gasteiger partial charge in [0.15, 0.2) is 6.29 Å². The molecule has 24 heavy (non-hydrogen) atoms. The number of ether oxygens (including phenoxy) is 1. The predicted molar refractivity (Wildman–Crippen MR) is 96.5 cm³/mol. The number of pyridine rings is 1. The third-order valence-electron chi connectivity index (χ3n) is 4.26. The Balaban J connectivity index is 2.16. The van der Waals surface area contributed by atoms with Gasteiger partial charge in [0.1, 0.15) is 0 Å². The number of aromatic nitrogens is 1. The summed E-state index contributed by atoms with van der Waals surface area (Å²) in [7, 11) is 1.52. The number of aldehydes is 1. The minimum atomic E-state index is 0.350. The van der Waals surface area contributed by atoms with Crippen LogP contribution in [0.1, 0.15) is 21.5 Å². The first-order valence-electron chi connectivity index (χ1n) is 7.82. The molecule has 3 aromatic rings. The van der Waals surface area contributed by atoms with Crippen LogP contribution in [0.5, 0.6) is 5.88 Å². The lowest BCUT2D eigenvalue weighted by Gasteiger charge is -2.14. The number of nitrogens with zero attached hydrogens (tertiary/aromatic N) is 1. The smallest absolute Gasteiger partial charge is 0.224 e. The second-order valence-corrected chi connectivity index (χ2v) is 5.71. The van der Waals surface area contributed by atoms with Crippen LogP contribution in [0.3, 0.4) is 0 Å². The van der Waals surface area contributed by atoms with E-state index in [-0.39, 0.29) is 0 Å². The van der Waals surface area contributed by atoms with Crippen LogP contribution in [0.2, 0.25) is 0 Å². The standard InChI is InChI=1S/C21H19NO2/c1-14-7-4-5-8-17(14)18-9-6-10-19(15(18)2)20-12-11-16(13-23)21(22-20)24-3/h4-13H,1-3H3. The van der Waals surface area contributed by atoms with Gasteiger partial charge in [0.2, 0.25) is 5.88 Å². The summed E-state index contributed by atoms with van der Waals surface area (Å²) in [5.74, 6) is 0.350. The molecule has 0 saturated carbocycles. The minimum absolute atomic E-state index is 0.350. The molecule has 1 aromatic heterocycles. The zero-order chi connectivity index (χ0) is 17.1. The first-order valence-corrected chi connectivity index (χ1v) is 7.82. The van der Waals surface area contributed by atoms with Gasteiger partial charge < -0.3 is 4.74 Å². The van der Waals surface area contributed by atoms with E-state index in [0.29, 0.717) is 11.4 Å². The highest BCUT2D eigenvalue weighted by molar-refractivity contribution is 5.82. The van der Waals surface area contributed by atoms with Crippen molar-refractivity contribution in [2.45, 2.75) is 13.8 Å². The molecule has 0 N–H and O–H groups in total. The Morgan fingerprint density at radius 3 is 2.29 bits per heavy atom. The van der Waals surface area contributed by atoms with Crippen LogP contribution < -0.4 is 4.74 Å². The normalized spacial score (nSPS) is 10.5. The molecule has 0 saturated heterocycles. The van der Waals surface area contributed by atoms with E-state index in [4.69, 9.17) is 4.74 Å². The van der Waals surface area contributed by atoms with Gasteiger partial charge in [-0.1, -0.05) is 42.5 Å². The van der Waals surface area contributed by atoms with Gasteiger partial charge in [-0.05, 0) is 48.2 Å². The Labute approximate surface area is 142 Å². The van der Waals surface area contributed by atoms with Crippen LogP contribution in [0.25, 0.3) is 22.4 Å². The number of rotatable bonds is 4. The Kier molecular flexibility index (Phi) is 4.43. The molecule has 3 nitrogen and oxygen atoms in total. The summed E-state index contributed by atoms with van der Waals surface area (Å²) in [6.07, 6.45) is 0.756. The van der Waals surface area contributed by atoms with Crippen molar-refractivity contribution in [2.75, 3.05) is 7.11 Å². The topological polar surface area (TPSA) is 39.2 Å². The average Bonchev–Trinajstić information content (AvgIpc) is 2.62. The van der Waals surface area contributed by atoms with Crippen LogP contribution >= 0.6 is 0 Å². The minimum Gasteiger partial charge on any atom is -0.480 e. The van der Waals surface area contributed by atoms with Crippen LogP contribution in [0.4, 0.5) is 0 Å². The molecule has 0 atom stereocenters. The zero-order valence-corrected chi connectivity index (χ0v) is 14.0. The number of carbonyl (C=O) groups excluding carboxylic acids is 1. The number of methoxy groups -OCH3 is 1. The lowest BCUT2D eigenvalue weighted by atomic mass is 9.92. The highest BCUT2D eigenvalue weighted by Crippen LogP contribution is 2.33. The monoisotopic (exact) mass is 317 g/mol. The summed E-state index contributed by atoms with van der Waals surface area (Å²) in [6.45, 7) is 4.21. The van der Waals surface area contributed by atoms with E-state index in [0.717, 1.165) is 23.1 Å². The van der Waals surface area contributed by atoms with Crippen LogP contribution in [0.15, 0.2) is 54.6 Å². The number of hydrogen-bond donors (Lipinski definition) is 0. The summed E-state index contributed by atoms with van der Waals surface area (Å²) < 4.78 is 5.23. The Bertz CT molecular complexity index is 900. The highest BCUT2D eigenvalue weighted by Gasteiger charge is 2.12. The molecule has 2 aromatic carbocycles. The molecule has 0 amide bonds. The molecule has 0 aliphatic heterocycles. The summed E-state index contributed by atoms with van der Waals surface area (Å²) >= 11 is 0. The number of hydrogen-bond acceptors (Lipinski definition) is 3. The van der Waals surface area contributed by atoms with Crippen molar-refractivity contribution >= 4 is 6.29 Å².